The molecular weight excluding hydrogens is 414 g/mol. The maximum atomic E-state index is 13.8. The van der Waals surface area contributed by atoms with Gasteiger partial charge in [-0.2, -0.15) is 5.06 Å². The molecule has 0 saturated carbocycles. The third-order valence-electron chi connectivity index (χ3n) is 6.27. The molecule has 2 unspecified atom stereocenters. The highest BCUT2D eigenvalue weighted by atomic mass is 32.2. The fourth-order valence-electron chi connectivity index (χ4n) is 4.63. The number of fused-ring (bicyclic) bond motifs is 1. The first-order valence-corrected chi connectivity index (χ1v) is 12.4. The minimum absolute atomic E-state index is 0.0177. The summed E-state index contributed by atoms with van der Waals surface area (Å²) in [5.41, 5.74) is 0.936. The zero-order valence-electron chi connectivity index (χ0n) is 19.1. The van der Waals surface area contributed by atoms with Crippen LogP contribution in [-0.2, 0) is 14.7 Å². The van der Waals surface area contributed by atoms with Crippen molar-refractivity contribution in [1.29, 1.82) is 0 Å². The Balaban J connectivity index is 2.38. The van der Waals surface area contributed by atoms with Gasteiger partial charge in [0.1, 0.15) is 0 Å². The van der Waals surface area contributed by atoms with E-state index in [0.29, 0.717) is 23.5 Å². The average molecular weight is 448 g/mol. The minimum Gasteiger partial charge on any atom is -0.493 e. The lowest BCUT2D eigenvalue weighted by Crippen LogP contribution is -2.52. The number of benzene rings is 2. The zero-order chi connectivity index (χ0) is 22.6. The van der Waals surface area contributed by atoms with Crippen LogP contribution in [0, 0.1) is 0 Å². The van der Waals surface area contributed by atoms with E-state index >= 15 is 0 Å². The Bertz CT molecular complexity index is 993. The van der Waals surface area contributed by atoms with Gasteiger partial charge < -0.3 is 14.3 Å². The van der Waals surface area contributed by atoms with Crippen LogP contribution >= 0.6 is 0 Å². The topological polar surface area (TPSA) is 65.1 Å². The second-order valence-electron chi connectivity index (χ2n) is 8.01. The Morgan fingerprint density at radius 3 is 2.23 bits per heavy atom. The lowest BCUT2D eigenvalue weighted by molar-refractivity contribution is -0.220. The highest BCUT2D eigenvalue weighted by Crippen LogP contribution is 2.47. The summed E-state index contributed by atoms with van der Waals surface area (Å²) in [7, 11) is 1.07. The van der Waals surface area contributed by atoms with Gasteiger partial charge in [0.15, 0.2) is 21.3 Å². The first-order chi connectivity index (χ1) is 14.9. The van der Waals surface area contributed by atoms with Crippen LogP contribution in [0.4, 0.5) is 0 Å². The molecule has 1 heterocycles. The monoisotopic (exact) mass is 447 g/mol. The van der Waals surface area contributed by atoms with E-state index in [1.54, 1.807) is 26.4 Å². The molecule has 31 heavy (non-hydrogen) atoms. The fraction of sp³-hybridized carbons (Fsp3) is 0.500. The average Bonchev–Trinajstić information content (AvgIpc) is 2.87. The number of hydrogen-bond acceptors (Lipinski definition) is 6. The molecule has 0 spiro atoms. The number of hydrogen-bond donors (Lipinski definition) is 0. The maximum Gasteiger partial charge on any atom is 0.180 e. The van der Waals surface area contributed by atoms with E-state index in [2.05, 4.69) is 6.92 Å². The molecule has 0 amide bonds. The molecule has 0 fully saturated rings. The molecule has 2 atom stereocenters. The summed E-state index contributed by atoms with van der Waals surface area (Å²) in [6.07, 6.45) is 3.25. The van der Waals surface area contributed by atoms with Crippen molar-refractivity contribution in [1.82, 2.24) is 5.06 Å². The van der Waals surface area contributed by atoms with Crippen LogP contribution in [0.15, 0.2) is 47.4 Å². The lowest BCUT2D eigenvalue weighted by Gasteiger charge is -2.44. The minimum atomic E-state index is -3.63. The van der Waals surface area contributed by atoms with Crippen LogP contribution in [-0.4, -0.2) is 46.1 Å². The Morgan fingerprint density at radius 1 is 1.03 bits per heavy atom. The van der Waals surface area contributed by atoms with Crippen LogP contribution in [0.1, 0.15) is 56.7 Å². The van der Waals surface area contributed by atoms with Crippen LogP contribution in [0.3, 0.4) is 0 Å². The van der Waals surface area contributed by atoms with Crippen molar-refractivity contribution in [2.24, 2.45) is 0 Å². The Hall–Kier alpha value is -2.09. The van der Waals surface area contributed by atoms with Crippen molar-refractivity contribution in [2.75, 3.05) is 27.1 Å². The molecule has 170 valence electrons. The summed E-state index contributed by atoms with van der Waals surface area (Å²) >= 11 is 0. The number of methoxy groups -OCH3 is 2. The second kappa shape index (κ2) is 9.59. The predicted molar refractivity (Wildman–Crippen MR) is 121 cm³/mol. The summed E-state index contributed by atoms with van der Waals surface area (Å²) in [5.74, 6) is 0.875. The molecule has 1 aliphatic rings. The van der Waals surface area contributed by atoms with E-state index in [1.165, 1.54) is 7.11 Å². The van der Waals surface area contributed by atoms with Gasteiger partial charge in [-0.3, -0.25) is 0 Å². The van der Waals surface area contributed by atoms with Crippen molar-refractivity contribution in [3.8, 4) is 11.5 Å². The van der Waals surface area contributed by atoms with Gasteiger partial charge in [0.2, 0.25) is 0 Å². The molecule has 0 aromatic heterocycles. The first kappa shape index (κ1) is 23.6. The molecule has 3 rings (SSSR count). The Kier molecular flexibility index (Phi) is 7.29. The molecule has 7 heteroatoms. The van der Waals surface area contributed by atoms with Gasteiger partial charge in [-0.1, -0.05) is 57.0 Å². The van der Waals surface area contributed by atoms with E-state index < -0.39 is 21.4 Å². The van der Waals surface area contributed by atoms with E-state index in [-0.39, 0.29) is 10.6 Å². The molecule has 2 aromatic rings. The van der Waals surface area contributed by atoms with Crippen molar-refractivity contribution < 1.29 is 22.7 Å². The van der Waals surface area contributed by atoms with Crippen LogP contribution in [0.25, 0.3) is 0 Å². The standard InChI is InChI=1S/C24H33NO5S/c1-6-8-14-24(7-2)17-31(26,27)22-16-21(29-4)20(28-3)15-19(22)23(25(24)30-5)18-12-10-9-11-13-18/h9-13,15-16,23H,6-8,14,17H2,1-5H3. The van der Waals surface area contributed by atoms with Crippen molar-refractivity contribution in [3.63, 3.8) is 0 Å². The highest BCUT2D eigenvalue weighted by molar-refractivity contribution is 7.91. The first-order valence-electron chi connectivity index (χ1n) is 10.7. The van der Waals surface area contributed by atoms with Gasteiger partial charge >= 0.3 is 0 Å². The van der Waals surface area contributed by atoms with Gasteiger partial charge in [-0.25, -0.2) is 8.42 Å². The summed E-state index contributed by atoms with van der Waals surface area (Å²) in [4.78, 5) is 6.29. The molecule has 0 bridgehead atoms. The molecule has 2 aromatic carbocycles. The van der Waals surface area contributed by atoms with Gasteiger partial charge in [0, 0.05) is 6.07 Å². The third kappa shape index (κ3) is 4.31. The number of nitrogens with zero attached hydrogens (tertiary/aromatic N) is 1. The molecule has 0 aliphatic carbocycles. The number of rotatable bonds is 8. The number of ether oxygens (including phenoxy) is 2. The zero-order valence-corrected chi connectivity index (χ0v) is 19.9. The van der Waals surface area contributed by atoms with Crippen molar-refractivity contribution >= 4 is 9.84 Å². The normalized spacial score (nSPS) is 23.1. The largest absolute Gasteiger partial charge is 0.493 e. The van der Waals surface area contributed by atoms with Gasteiger partial charge in [-0.05, 0) is 30.0 Å². The number of unbranched alkanes of at least 4 members (excludes halogenated alkanes) is 1. The van der Waals surface area contributed by atoms with Gasteiger partial charge in [0.05, 0.1) is 43.6 Å². The van der Waals surface area contributed by atoms with Gasteiger partial charge in [-0.15, -0.1) is 0 Å². The van der Waals surface area contributed by atoms with E-state index in [0.717, 1.165) is 24.8 Å². The van der Waals surface area contributed by atoms with E-state index in [9.17, 15) is 8.42 Å². The van der Waals surface area contributed by atoms with Crippen LogP contribution in [0.5, 0.6) is 11.5 Å². The summed E-state index contributed by atoms with van der Waals surface area (Å²) in [5, 5.41) is 1.91. The predicted octanol–water partition coefficient (Wildman–Crippen LogP) is 4.78. The quantitative estimate of drug-likeness (QED) is 0.580. The smallest absolute Gasteiger partial charge is 0.180 e. The lowest BCUT2D eigenvalue weighted by atomic mass is 9.87. The second-order valence-corrected chi connectivity index (χ2v) is 9.97. The van der Waals surface area contributed by atoms with Crippen molar-refractivity contribution in [2.45, 2.75) is 56.0 Å². The SMILES string of the molecule is CCCCC1(CC)CS(=O)(=O)c2cc(OC)c(OC)cc2C(c2ccccc2)N1OC. The number of hydroxylamine groups is 2. The van der Waals surface area contributed by atoms with Crippen LogP contribution < -0.4 is 9.47 Å². The molecular formula is C24H33NO5S. The van der Waals surface area contributed by atoms with Crippen molar-refractivity contribution in [3.05, 3.63) is 53.6 Å². The fourth-order valence-corrected chi connectivity index (χ4v) is 6.78. The molecule has 0 saturated heterocycles. The molecule has 0 radical (unpaired) electrons. The molecule has 1 aliphatic heterocycles. The Morgan fingerprint density at radius 2 is 1.68 bits per heavy atom. The van der Waals surface area contributed by atoms with Gasteiger partial charge in [0.25, 0.3) is 0 Å². The van der Waals surface area contributed by atoms with Crippen LogP contribution in [0.2, 0.25) is 0 Å². The summed E-state index contributed by atoms with van der Waals surface area (Å²) < 4.78 is 38.5. The highest BCUT2D eigenvalue weighted by Gasteiger charge is 2.49. The van der Waals surface area contributed by atoms with E-state index in [1.807, 2.05) is 42.3 Å². The molecule has 0 N–H and O–H groups in total. The number of sulfone groups is 1. The Labute approximate surface area is 186 Å². The summed E-state index contributed by atoms with van der Waals surface area (Å²) in [6, 6.07) is 12.9. The maximum absolute atomic E-state index is 13.8. The third-order valence-corrected chi connectivity index (χ3v) is 8.21. The van der Waals surface area contributed by atoms with E-state index in [4.69, 9.17) is 14.3 Å². The summed E-state index contributed by atoms with van der Waals surface area (Å²) in [6.45, 7) is 4.15. The molecule has 6 nitrogen and oxygen atoms in total.